The Kier molecular flexibility index (Phi) is 6.14. The largest absolute Gasteiger partial charge is 0.337 e. The van der Waals surface area contributed by atoms with Crippen molar-refractivity contribution in [2.45, 2.75) is 6.54 Å². The summed E-state index contributed by atoms with van der Waals surface area (Å²) in [5.74, 6) is -2.31. The maximum Gasteiger partial charge on any atom is 0.270 e. The standard InChI is InChI=1S/C27H19FN4O3S/c28-21-11-5-7-13-23(21)32-26(35)20(25(34)30-27(32)36)14-17-15-31(22-12-6-4-10-19(17)22)16-24(33)29-18-8-2-1-3-9-18/h1-15H,16H2,(H,29,33)(H,30,34,36). The van der Waals surface area contributed by atoms with Gasteiger partial charge in [-0.2, -0.15) is 0 Å². The van der Waals surface area contributed by atoms with Gasteiger partial charge in [0.1, 0.15) is 17.9 Å². The molecule has 2 heterocycles. The zero-order chi connectivity index (χ0) is 25.2. The van der Waals surface area contributed by atoms with E-state index in [-0.39, 0.29) is 28.8 Å². The fraction of sp³-hybridized carbons (Fsp3) is 0.0370. The SMILES string of the molecule is O=C(Cn1cc(C=C2C(=O)NC(=S)N(c3ccccc3F)C2=O)c2ccccc21)Nc1ccccc1. The molecule has 7 nitrogen and oxygen atoms in total. The van der Waals surface area contributed by atoms with E-state index in [1.165, 1.54) is 24.3 Å². The first-order valence-electron chi connectivity index (χ1n) is 11.0. The second kappa shape index (κ2) is 9.55. The predicted octanol–water partition coefficient (Wildman–Crippen LogP) is 4.25. The lowest BCUT2D eigenvalue weighted by Crippen LogP contribution is -2.54. The Balaban J connectivity index is 1.50. The normalized spacial score (nSPS) is 14.9. The van der Waals surface area contributed by atoms with Crippen LogP contribution < -0.4 is 15.5 Å². The van der Waals surface area contributed by atoms with Crippen molar-refractivity contribution in [1.29, 1.82) is 0 Å². The van der Waals surface area contributed by atoms with Gasteiger partial charge in [-0.05, 0) is 48.6 Å². The van der Waals surface area contributed by atoms with E-state index in [2.05, 4.69) is 10.6 Å². The number of hydrogen-bond donors (Lipinski definition) is 2. The Hall–Kier alpha value is -4.63. The van der Waals surface area contributed by atoms with Crippen molar-refractivity contribution in [3.63, 3.8) is 0 Å². The summed E-state index contributed by atoms with van der Waals surface area (Å²) in [6.07, 6.45) is 3.13. The third-order valence-corrected chi connectivity index (χ3v) is 5.97. The number of hydrogen-bond acceptors (Lipinski definition) is 4. The van der Waals surface area contributed by atoms with Gasteiger partial charge in [-0.15, -0.1) is 0 Å². The first-order valence-corrected chi connectivity index (χ1v) is 11.4. The number of carbonyl (C=O) groups excluding carboxylic acids is 3. The molecule has 2 N–H and O–H groups in total. The highest BCUT2D eigenvalue weighted by Gasteiger charge is 2.35. The molecule has 5 rings (SSSR count). The van der Waals surface area contributed by atoms with Crippen LogP contribution >= 0.6 is 12.2 Å². The number of rotatable bonds is 5. The summed E-state index contributed by atoms with van der Waals surface area (Å²) >= 11 is 5.15. The van der Waals surface area contributed by atoms with Crippen LogP contribution in [0.1, 0.15) is 5.56 Å². The summed E-state index contributed by atoms with van der Waals surface area (Å²) in [5.41, 5.74) is 1.72. The Bertz CT molecular complexity index is 1560. The van der Waals surface area contributed by atoms with Gasteiger partial charge in [0, 0.05) is 28.4 Å². The van der Waals surface area contributed by atoms with E-state index in [4.69, 9.17) is 12.2 Å². The molecule has 9 heteroatoms. The minimum Gasteiger partial charge on any atom is -0.337 e. The number of amides is 3. The average molecular weight is 499 g/mol. The van der Waals surface area contributed by atoms with E-state index in [0.717, 1.165) is 15.8 Å². The van der Waals surface area contributed by atoms with E-state index in [0.29, 0.717) is 11.3 Å². The van der Waals surface area contributed by atoms with E-state index in [1.54, 1.807) is 29.0 Å². The third-order valence-electron chi connectivity index (χ3n) is 5.69. The molecule has 0 aliphatic carbocycles. The van der Waals surface area contributed by atoms with Crippen molar-refractivity contribution in [2.75, 3.05) is 10.2 Å². The smallest absolute Gasteiger partial charge is 0.270 e. The lowest BCUT2D eigenvalue weighted by atomic mass is 10.1. The summed E-state index contributed by atoms with van der Waals surface area (Å²) in [7, 11) is 0. The Morgan fingerprint density at radius 1 is 0.972 bits per heavy atom. The van der Waals surface area contributed by atoms with Gasteiger partial charge in [0.2, 0.25) is 5.91 Å². The molecule has 3 aromatic carbocycles. The quantitative estimate of drug-likeness (QED) is 0.245. The molecule has 1 aromatic heterocycles. The average Bonchev–Trinajstić information content (AvgIpc) is 3.20. The van der Waals surface area contributed by atoms with Crippen LogP contribution in [0.5, 0.6) is 0 Å². The molecule has 1 fully saturated rings. The molecule has 4 aromatic rings. The van der Waals surface area contributed by atoms with E-state index >= 15 is 0 Å². The number of aromatic nitrogens is 1. The first kappa shape index (κ1) is 23.1. The molecular formula is C27H19FN4O3S. The molecule has 0 saturated carbocycles. The van der Waals surface area contributed by atoms with Gasteiger partial charge in [-0.3, -0.25) is 19.7 Å². The van der Waals surface area contributed by atoms with Crippen molar-refractivity contribution in [1.82, 2.24) is 9.88 Å². The fourth-order valence-corrected chi connectivity index (χ4v) is 4.34. The van der Waals surface area contributed by atoms with E-state index < -0.39 is 17.6 Å². The molecule has 0 atom stereocenters. The number of nitrogens with zero attached hydrogens (tertiary/aromatic N) is 2. The van der Waals surface area contributed by atoms with Crippen LogP contribution in [0.2, 0.25) is 0 Å². The zero-order valence-electron chi connectivity index (χ0n) is 18.8. The number of fused-ring (bicyclic) bond motifs is 1. The molecule has 0 bridgehead atoms. The highest BCUT2D eigenvalue weighted by Crippen LogP contribution is 2.28. The van der Waals surface area contributed by atoms with Crippen LogP contribution in [-0.4, -0.2) is 27.4 Å². The van der Waals surface area contributed by atoms with Crippen LogP contribution in [0.15, 0.2) is 90.6 Å². The summed E-state index contributed by atoms with van der Waals surface area (Å²) < 4.78 is 16.2. The minimum atomic E-state index is -0.743. The molecule has 1 saturated heterocycles. The number of nitrogens with one attached hydrogen (secondary N) is 2. The van der Waals surface area contributed by atoms with Crippen LogP contribution in [0.3, 0.4) is 0 Å². The van der Waals surface area contributed by atoms with Crippen molar-refractivity contribution in [2.24, 2.45) is 0 Å². The first-order chi connectivity index (χ1) is 17.4. The second-order valence-corrected chi connectivity index (χ2v) is 8.44. The van der Waals surface area contributed by atoms with Crippen molar-refractivity contribution in [3.05, 3.63) is 102 Å². The summed E-state index contributed by atoms with van der Waals surface area (Å²) in [6.45, 7) is 0.0180. The highest BCUT2D eigenvalue weighted by atomic mass is 32.1. The molecular weight excluding hydrogens is 479 g/mol. The van der Waals surface area contributed by atoms with Gasteiger partial charge in [-0.1, -0.05) is 48.5 Å². The molecule has 36 heavy (non-hydrogen) atoms. The van der Waals surface area contributed by atoms with Crippen molar-refractivity contribution >= 4 is 63.4 Å². The maximum atomic E-state index is 14.4. The van der Waals surface area contributed by atoms with Gasteiger partial charge in [-0.25, -0.2) is 9.29 Å². The lowest BCUT2D eigenvalue weighted by molar-refractivity contribution is -0.122. The number of halogens is 1. The summed E-state index contributed by atoms with van der Waals surface area (Å²) in [4.78, 5) is 39.7. The lowest BCUT2D eigenvalue weighted by Gasteiger charge is -2.29. The highest BCUT2D eigenvalue weighted by molar-refractivity contribution is 7.80. The van der Waals surface area contributed by atoms with Gasteiger partial charge in [0.05, 0.1) is 5.69 Å². The van der Waals surface area contributed by atoms with Gasteiger partial charge >= 0.3 is 0 Å². The number of benzene rings is 3. The van der Waals surface area contributed by atoms with E-state index in [9.17, 15) is 18.8 Å². The van der Waals surface area contributed by atoms with Crippen LogP contribution in [0.25, 0.3) is 17.0 Å². The number of carbonyl (C=O) groups is 3. The van der Waals surface area contributed by atoms with Crippen LogP contribution in [-0.2, 0) is 20.9 Å². The summed E-state index contributed by atoms with van der Waals surface area (Å²) in [5, 5.41) is 5.84. The van der Waals surface area contributed by atoms with Crippen molar-refractivity contribution in [3.8, 4) is 0 Å². The number of thiocarbonyl (C=S) groups is 1. The van der Waals surface area contributed by atoms with Crippen LogP contribution in [0.4, 0.5) is 15.8 Å². The maximum absolute atomic E-state index is 14.4. The molecule has 1 aliphatic rings. The number of para-hydroxylation sites is 3. The molecule has 0 spiro atoms. The van der Waals surface area contributed by atoms with E-state index in [1.807, 2.05) is 42.5 Å². The molecule has 0 unspecified atom stereocenters. The molecule has 3 amide bonds. The zero-order valence-corrected chi connectivity index (χ0v) is 19.6. The summed E-state index contributed by atoms with van der Waals surface area (Å²) in [6, 6.07) is 22.1. The van der Waals surface area contributed by atoms with Gasteiger partial charge in [0.15, 0.2) is 5.11 Å². The molecule has 0 radical (unpaired) electrons. The van der Waals surface area contributed by atoms with Gasteiger partial charge in [0.25, 0.3) is 11.8 Å². The molecule has 178 valence electrons. The third kappa shape index (κ3) is 4.39. The van der Waals surface area contributed by atoms with Crippen LogP contribution in [0, 0.1) is 5.82 Å². The Morgan fingerprint density at radius 2 is 1.67 bits per heavy atom. The second-order valence-electron chi connectivity index (χ2n) is 8.05. The predicted molar refractivity (Wildman–Crippen MR) is 140 cm³/mol. The number of anilines is 2. The van der Waals surface area contributed by atoms with Crippen molar-refractivity contribution < 1.29 is 18.8 Å². The fourth-order valence-electron chi connectivity index (χ4n) is 4.06. The molecule has 1 aliphatic heterocycles. The Labute approximate surface area is 210 Å². The monoisotopic (exact) mass is 498 g/mol. The Morgan fingerprint density at radius 3 is 2.44 bits per heavy atom. The minimum absolute atomic E-state index is 0.0180. The van der Waals surface area contributed by atoms with Gasteiger partial charge < -0.3 is 9.88 Å². The topological polar surface area (TPSA) is 83.4 Å².